The zero-order valence-electron chi connectivity index (χ0n) is 11.4. The van der Waals surface area contributed by atoms with Gasteiger partial charge in [-0.3, -0.25) is 4.98 Å². The Balaban J connectivity index is 2.74. The van der Waals surface area contributed by atoms with Crippen LogP contribution in [0.3, 0.4) is 0 Å². The molecule has 0 atom stereocenters. The normalized spacial score (nSPS) is 10.9. The monoisotopic (exact) mass is 246 g/mol. The predicted molar refractivity (Wildman–Crippen MR) is 74.7 cm³/mol. The van der Waals surface area contributed by atoms with Gasteiger partial charge in [-0.05, 0) is 50.5 Å². The van der Waals surface area contributed by atoms with E-state index in [0.717, 1.165) is 46.4 Å². The summed E-state index contributed by atoms with van der Waals surface area (Å²) in [5.74, 6) is -0.204. The van der Waals surface area contributed by atoms with Crippen LogP contribution in [0, 0.1) is 26.6 Å². The Morgan fingerprint density at radius 1 is 1.22 bits per heavy atom. The first-order chi connectivity index (χ1) is 8.54. The Bertz CT molecular complexity index is 591. The number of rotatable bonds is 3. The number of pyridine rings is 1. The summed E-state index contributed by atoms with van der Waals surface area (Å²) in [5, 5.41) is 4.27. The third kappa shape index (κ3) is 2.17. The lowest BCUT2D eigenvalue weighted by Crippen LogP contribution is -2.05. The summed E-state index contributed by atoms with van der Waals surface area (Å²) in [6.07, 6.45) is 1.04. The largest absolute Gasteiger partial charge is 0.384 e. The number of hydrogen-bond acceptors (Lipinski definition) is 2. The fourth-order valence-corrected chi connectivity index (χ4v) is 2.19. The Morgan fingerprint density at radius 2 is 1.94 bits per heavy atom. The maximum Gasteiger partial charge on any atom is 0.124 e. The van der Waals surface area contributed by atoms with Gasteiger partial charge in [0, 0.05) is 23.3 Å². The number of halogens is 1. The minimum Gasteiger partial charge on any atom is -0.384 e. The molecule has 1 N–H and O–H groups in total. The molecule has 0 aliphatic rings. The van der Waals surface area contributed by atoms with Crippen LogP contribution in [-0.2, 0) is 0 Å². The first-order valence-electron chi connectivity index (χ1n) is 6.35. The van der Waals surface area contributed by atoms with Crippen LogP contribution in [0.25, 0.3) is 10.9 Å². The molecule has 18 heavy (non-hydrogen) atoms. The average molecular weight is 246 g/mol. The van der Waals surface area contributed by atoms with E-state index >= 15 is 0 Å². The SMILES string of the molecule is CCCNc1c(C)c(C)nc2c(C)cc(F)cc12. The highest BCUT2D eigenvalue weighted by atomic mass is 19.1. The number of hydrogen-bond donors (Lipinski definition) is 1. The highest BCUT2D eigenvalue weighted by Crippen LogP contribution is 2.30. The second-order valence-electron chi connectivity index (χ2n) is 4.74. The van der Waals surface area contributed by atoms with E-state index in [0.29, 0.717) is 0 Å². The van der Waals surface area contributed by atoms with Crippen molar-refractivity contribution in [1.29, 1.82) is 0 Å². The van der Waals surface area contributed by atoms with Crippen molar-refractivity contribution < 1.29 is 4.39 Å². The van der Waals surface area contributed by atoms with Gasteiger partial charge in [-0.1, -0.05) is 6.92 Å². The van der Waals surface area contributed by atoms with E-state index in [1.54, 1.807) is 6.07 Å². The number of anilines is 1. The highest BCUT2D eigenvalue weighted by Gasteiger charge is 2.11. The molecule has 0 spiro atoms. The summed E-state index contributed by atoms with van der Waals surface area (Å²) in [7, 11) is 0. The number of nitrogens with one attached hydrogen (secondary N) is 1. The van der Waals surface area contributed by atoms with Gasteiger partial charge >= 0.3 is 0 Å². The molecule has 0 fully saturated rings. The first-order valence-corrected chi connectivity index (χ1v) is 6.35. The van der Waals surface area contributed by atoms with Gasteiger partial charge in [0.15, 0.2) is 0 Å². The van der Waals surface area contributed by atoms with Crippen molar-refractivity contribution in [3.8, 4) is 0 Å². The van der Waals surface area contributed by atoms with Crippen LogP contribution in [-0.4, -0.2) is 11.5 Å². The second kappa shape index (κ2) is 4.92. The molecule has 2 rings (SSSR count). The van der Waals surface area contributed by atoms with Crippen molar-refractivity contribution in [1.82, 2.24) is 4.98 Å². The third-order valence-corrected chi connectivity index (χ3v) is 3.28. The highest BCUT2D eigenvalue weighted by molar-refractivity contribution is 5.95. The summed E-state index contributed by atoms with van der Waals surface area (Å²) in [5.41, 5.74) is 4.88. The molecule has 0 saturated carbocycles. The van der Waals surface area contributed by atoms with Crippen LogP contribution in [0.15, 0.2) is 12.1 Å². The van der Waals surface area contributed by atoms with Crippen LogP contribution in [0.4, 0.5) is 10.1 Å². The van der Waals surface area contributed by atoms with E-state index in [1.165, 1.54) is 6.07 Å². The molecule has 1 aromatic heterocycles. The number of fused-ring (bicyclic) bond motifs is 1. The maximum absolute atomic E-state index is 13.6. The van der Waals surface area contributed by atoms with Crippen molar-refractivity contribution in [2.45, 2.75) is 34.1 Å². The van der Waals surface area contributed by atoms with Crippen LogP contribution in [0.2, 0.25) is 0 Å². The Hall–Kier alpha value is -1.64. The number of aromatic nitrogens is 1. The molecule has 2 nitrogen and oxygen atoms in total. The van der Waals surface area contributed by atoms with Gasteiger partial charge in [0.25, 0.3) is 0 Å². The van der Waals surface area contributed by atoms with Crippen LogP contribution < -0.4 is 5.32 Å². The molecule has 1 heterocycles. The van der Waals surface area contributed by atoms with E-state index in [-0.39, 0.29) is 5.82 Å². The lowest BCUT2D eigenvalue weighted by atomic mass is 10.0. The number of aryl methyl sites for hydroxylation is 2. The molecule has 1 aromatic carbocycles. The van der Waals surface area contributed by atoms with Crippen molar-refractivity contribution >= 4 is 16.6 Å². The molecule has 0 bridgehead atoms. The Morgan fingerprint density at radius 3 is 2.61 bits per heavy atom. The summed E-state index contributed by atoms with van der Waals surface area (Å²) in [6.45, 7) is 8.92. The number of nitrogens with zero attached hydrogens (tertiary/aromatic N) is 1. The Labute approximate surface area is 107 Å². The molecule has 2 aromatic rings. The van der Waals surface area contributed by atoms with Gasteiger partial charge in [-0.15, -0.1) is 0 Å². The van der Waals surface area contributed by atoms with Crippen molar-refractivity contribution in [2.75, 3.05) is 11.9 Å². The fraction of sp³-hybridized carbons (Fsp3) is 0.400. The molecule has 0 unspecified atom stereocenters. The van der Waals surface area contributed by atoms with E-state index < -0.39 is 0 Å². The van der Waals surface area contributed by atoms with Crippen LogP contribution in [0.5, 0.6) is 0 Å². The van der Waals surface area contributed by atoms with E-state index in [1.807, 2.05) is 20.8 Å². The van der Waals surface area contributed by atoms with Gasteiger partial charge < -0.3 is 5.32 Å². The second-order valence-corrected chi connectivity index (χ2v) is 4.74. The standard InChI is InChI=1S/C15H19FN2/c1-5-6-17-15-10(3)11(4)18-14-9(2)7-12(16)8-13(14)15/h7-8H,5-6H2,1-4H3,(H,17,18). The van der Waals surface area contributed by atoms with E-state index in [9.17, 15) is 4.39 Å². The molecule has 0 aliphatic carbocycles. The molecule has 0 amide bonds. The molecular formula is C15H19FN2. The zero-order chi connectivity index (χ0) is 13.3. The van der Waals surface area contributed by atoms with Gasteiger partial charge in [0.2, 0.25) is 0 Å². The predicted octanol–water partition coefficient (Wildman–Crippen LogP) is 4.12. The molecule has 96 valence electrons. The van der Waals surface area contributed by atoms with Crippen molar-refractivity contribution in [3.63, 3.8) is 0 Å². The third-order valence-electron chi connectivity index (χ3n) is 3.28. The number of benzene rings is 1. The van der Waals surface area contributed by atoms with Crippen molar-refractivity contribution in [2.24, 2.45) is 0 Å². The van der Waals surface area contributed by atoms with Crippen molar-refractivity contribution in [3.05, 3.63) is 34.8 Å². The molecule has 0 aliphatic heterocycles. The summed E-state index contributed by atoms with van der Waals surface area (Å²) < 4.78 is 13.6. The molecular weight excluding hydrogens is 227 g/mol. The van der Waals surface area contributed by atoms with Gasteiger partial charge in [0.1, 0.15) is 5.82 Å². The summed E-state index contributed by atoms with van der Waals surface area (Å²) in [4.78, 5) is 4.58. The minimum absolute atomic E-state index is 0.204. The lowest BCUT2D eigenvalue weighted by Gasteiger charge is -2.15. The van der Waals surface area contributed by atoms with E-state index in [4.69, 9.17) is 0 Å². The average Bonchev–Trinajstić information content (AvgIpc) is 2.31. The smallest absolute Gasteiger partial charge is 0.124 e. The maximum atomic E-state index is 13.6. The fourth-order valence-electron chi connectivity index (χ4n) is 2.19. The summed E-state index contributed by atoms with van der Waals surface area (Å²) in [6, 6.07) is 3.10. The molecule has 0 radical (unpaired) electrons. The quantitative estimate of drug-likeness (QED) is 0.881. The Kier molecular flexibility index (Phi) is 3.50. The van der Waals surface area contributed by atoms with Gasteiger partial charge in [0.05, 0.1) is 5.52 Å². The van der Waals surface area contributed by atoms with Gasteiger partial charge in [-0.2, -0.15) is 0 Å². The molecule has 0 saturated heterocycles. The van der Waals surface area contributed by atoms with Gasteiger partial charge in [-0.25, -0.2) is 4.39 Å². The minimum atomic E-state index is -0.204. The first kappa shape index (κ1) is 12.8. The zero-order valence-corrected chi connectivity index (χ0v) is 11.4. The van der Waals surface area contributed by atoms with Crippen LogP contribution >= 0.6 is 0 Å². The topological polar surface area (TPSA) is 24.9 Å². The lowest BCUT2D eigenvalue weighted by molar-refractivity contribution is 0.628. The molecule has 3 heteroatoms. The van der Waals surface area contributed by atoms with E-state index in [2.05, 4.69) is 17.2 Å². The summed E-state index contributed by atoms with van der Waals surface area (Å²) >= 11 is 0. The van der Waals surface area contributed by atoms with Crippen LogP contribution in [0.1, 0.15) is 30.2 Å².